The lowest BCUT2D eigenvalue weighted by Gasteiger charge is -2.08. The summed E-state index contributed by atoms with van der Waals surface area (Å²) in [4.78, 5) is 0. The Morgan fingerprint density at radius 3 is 2.73 bits per heavy atom. The fraction of sp³-hybridized carbons (Fsp3) is 0.125. The lowest BCUT2D eigenvalue weighted by atomic mass is 10.1. The highest BCUT2D eigenvalue weighted by Crippen LogP contribution is 2.31. The second-order valence-corrected chi connectivity index (χ2v) is 5.13. The fourth-order valence-corrected chi connectivity index (χ4v) is 2.26. The van der Waals surface area contributed by atoms with Gasteiger partial charge in [-0.2, -0.15) is 0 Å². The standard InChI is InChI=1S/C16H14ClN3O2/c1-10-5-3-4-6-12(10)15-19-20-16(22-15)18-13-9-11(17)7-8-14(13)21-2/h3-9H,1-2H3,(H,18,20). The number of anilines is 2. The molecular weight excluding hydrogens is 302 g/mol. The lowest BCUT2D eigenvalue weighted by Crippen LogP contribution is -1.94. The number of nitrogens with one attached hydrogen (secondary N) is 1. The predicted molar refractivity (Wildman–Crippen MR) is 85.8 cm³/mol. The van der Waals surface area contributed by atoms with Crippen LogP contribution in [0.2, 0.25) is 5.02 Å². The molecule has 0 bridgehead atoms. The Morgan fingerprint density at radius 1 is 1.14 bits per heavy atom. The van der Waals surface area contributed by atoms with Crippen LogP contribution in [0, 0.1) is 6.92 Å². The molecule has 0 fully saturated rings. The van der Waals surface area contributed by atoms with E-state index in [-0.39, 0.29) is 6.01 Å². The normalized spacial score (nSPS) is 10.5. The summed E-state index contributed by atoms with van der Waals surface area (Å²) in [7, 11) is 1.58. The number of rotatable bonds is 4. The first-order valence-corrected chi connectivity index (χ1v) is 7.05. The Kier molecular flexibility index (Phi) is 3.98. The van der Waals surface area contributed by atoms with E-state index in [0.29, 0.717) is 22.4 Å². The molecule has 0 aliphatic rings. The van der Waals surface area contributed by atoms with Gasteiger partial charge < -0.3 is 14.5 Å². The number of aromatic nitrogens is 2. The van der Waals surface area contributed by atoms with Crippen LogP contribution in [-0.4, -0.2) is 17.3 Å². The van der Waals surface area contributed by atoms with Gasteiger partial charge in [0, 0.05) is 10.6 Å². The van der Waals surface area contributed by atoms with Gasteiger partial charge in [0.1, 0.15) is 5.75 Å². The summed E-state index contributed by atoms with van der Waals surface area (Å²) in [6.45, 7) is 1.99. The zero-order valence-corrected chi connectivity index (χ0v) is 12.9. The Morgan fingerprint density at radius 2 is 1.95 bits per heavy atom. The smallest absolute Gasteiger partial charge is 0.320 e. The summed E-state index contributed by atoms with van der Waals surface area (Å²) >= 11 is 6.00. The van der Waals surface area contributed by atoms with Crippen LogP contribution in [-0.2, 0) is 0 Å². The molecule has 2 aromatic carbocycles. The van der Waals surface area contributed by atoms with Crippen LogP contribution in [0.4, 0.5) is 11.7 Å². The van der Waals surface area contributed by atoms with Crippen molar-refractivity contribution in [2.45, 2.75) is 6.92 Å². The number of hydrogen-bond donors (Lipinski definition) is 1. The van der Waals surface area contributed by atoms with E-state index < -0.39 is 0 Å². The molecule has 112 valence electrons. The van der Waals surface area contributed by atoms with E-state index in [1.807, 2.05) is 31.2 Å². The van der Waals surface area contributed by atoms with Crippen molar-refractivity contribution >= 4 is 23.3 Å². The molecule has 0 saturated heterocycles. The number of hydrogen-bond acceptors (Lipinski definition) is 5. The van der Waals surface area contributed by atoms with Gasteiger partial charge in [-0.15, -0.1) is 5.10 Å². The molecule has 0 aliphatic carbocycles. The van der Waals surface area contributed by atoms with Crippen LogP contribution in [0.25, 0.3) is 11.5 Å². The van der Waals surface area contributed by atoms with Crippen molar-refractivity contribution in [3.63, 3.8) is 0 Å². The number of methoxy groups -OCH3 is 1. The van der Waals surface area contributed by atoms with Gasteiger partial charge in [-0.25, -0.2) is 0 Å². The molecule has 0 radical (unpaired) electrons. The predicted octanol–water partition coefficient (Wildman–Crippen LogP) is 4.45. The van der Waals surface area contributed by atoms with Gasteiger partial charge in [0.2, 0.25) is 5.89 Å². The van der Waals surface area contributed by atoms with E-state index in [1.165, 1.54) is 0 Å². The van der Waals surface area contributed by atoms with E-state index >= 15 is 0 Å². The summed E-state index contributed by atoms with van der Waals surface area (Å²) in [5.41, 5.74) is 2.63. The summed E-state index contributed by atoms with van der Waals surface area (Å²) in [6.07, 6.45) is 0. The van der Waals surface area contributed by atoms with Crippen molar-refractivity contribution in [3.8, 4) is 17.2 Å². The van der Waals surface area contributed by atoms with Gasteiger partial charge in [-0.1, -0.05) is 34.9 Å². The highest BCUT2D eigenvalue weighted by molar-refractivity contribution is 6.30. The maximum absolute atomic E-state index is 6.00. The highest BCUT2D eigenvalue weighted by atomic mass is 35.5. The number of halogens is 1. The maximum Gasteiger partial charge on any atom is 0.320 e. The average Bonchev–Trinajstić information content (AvgIpc) is 2.96. The van der Waals surface area contributed by atoms with Gasteiger partial charge in [0.25, 0.3) is 0 Å². The number of benzene rings is 2. The molecule has 0 atom stereocenters. The lowest BCUT2D eigenvalue weighted by molar-refractivity contribution is 0.416. The second-order valence-electron chi connectivity index (χ2n) is 4.70. The molecule has 1 heterocycles. The van der Waals surface area contributed by atoms with Crippen molar-refractivity contribution in [3.05, 3.63) is 53.1 Å². The zero-order valence-electron chi connectivity index (χ0n) is 12.1. The van der Waals surface area contributed by atoms with Crippen LogP contribution < -0.4 is 10.1 Å². The van der Waals surface area contributed by atoms with E-state index in [1.54, 1.807) is 25.3 Å². The molecule has 5 nitrogen and oxygen atoms in total. The fourth-order valence-electron chi connectivity index (χ4n) is 2.09. The molecule has 0 aliphatic heterocycles. The monoisotopic (exact) mass is 315 g/mol. The van der Waals surface area contributed by atoms with E-state index in [9.17, 15) is 0 Å². The first-order chi connectivity index (χ1) is 10.7. The molecule has 0 spiro atoms. The Labute approximate surface area is 132 Å². The summed E-state index contributed by atoms with van der Waals surface area (Å²) in [5.74, 6) is 1.10. The molecule has 6 heteroatoms. The minimum atomic E-state index is 0.277. The van der Waals surface area contributed by atoms with Crippen molar-refractivity contribution in [1.29, 1.82) is 0 Å². The van der Waals surface area contributed by atoms with Crippen LogP contribution >= 0.6 is 11.6 Å². The minimum absolute atomic E-state index is 0.277. The number of ether oxygens (including phenoxy) is 1. The number of aryl methyl sites for hydroxylation is 1. The SMILES string of the molecule is COc1ccc(Cl)cc1Nc1nnc(-c2ccccc2C)o1. The molecule has 22 heavy (non-hydrogen) atoms. The summed E-state index contributed by atoms with van der Waals surface area (Å²) < 4.78 is 10.9. The quantitative estimate of drug-likeness (QED) is 0.770. The van der Waals surface area contributed by atoms with E-state index in [2.05, 4.69) is 15.5 Å². The Bertz CT molecular complexity index is 802. The largest absolute Gasteiger partial charge is 0.495 e. The Balaban J connectivity index is 1.89. The molecule has 0 saturated carbocycles. The van der Waals surface area contributed by atoms with E-state index in [0.717, 1.165) is 11.1 Å². The van der Waals surface area contributed by atoms with Crippen molar-refractivity contribution in [2.24, 2.45) is 0 Å². The van der Waals surface area contributed by atoms with Crippen molar-refractivity contribution in [1.82, 2.24) is 10.2 Å². The van der Waals surface area contributed by atoms with Gasteiger partial charge in [-0.05, 0) is 36.8 Å². The molecule has 0 unspecified atom stereocenters. The van der Waals surface area contributed by atoms with E-state index in [4.69, 9.17) is 20.8 Å². The van der Waals surface area contributed by atoms with Gasteiger partial charge in [0.05, 0.1) is 12.8 Å². The molecule has 3 rings (SSSR count). The molecule has 1 aromatic heterocycles. The molecule has 3 aromatic rings. The third-order valence-corrected chi connectivity index (χ3v) is 3.44. The van der Waals surface area contributed by atoms with Crippen LogP contribution in [0.15, 0.2) is 46.9 Å². The van der Waals surface area contributed by atoms with Gasteiger partial charge in [0.15, 0.2) is 0 Å². The Hall–Kier alpha value is -2.53. The van der Waals surface area contributed by atoms with Crippen molar-refractivity contribution in [2.75, 3.05) is 12.4 Å². The average molecular weight is 316 g/mol. The molecule has 1 N–H and O–H groups in total. The minimum Gasteiger partial charge on any atom is -0.495 e. The number of nitrogens with zero attached hydrogens (tertiary/aromatic N) is 2. The van der Waals surface area contributed by atoms with Gasteiger partial charge in [-0.3, -0.25) is 0 Å². The first kappa shape index (κ1) is 14.4. The topological polar surface area (TPSA) is 60.2 Å². The maximum atomic E-state index is 6.00. The third kappa shape index (κ3) is 2.89. The highest BCUT2D eigenvalue weighted by Gasteiger charge is 2.12. The van der Waals surface area contributed by atoms with Crippen molar-refractivity contribution < 1.29 is 9.15 Å². The first-order valence-electron chi connectivity index (χ1n) is 6.67. The van der Waals surface area contributed by atoms with Gasteiger partial charge >= 0.3 is 6.01 Å². The van der Waals surface area contributed by atoms with Crippen LogP contribution in [0.1, 0.15) is 5.56 Å². The summed E-state index contributed by atoms with van der Waals surface area (Å²) in [5, 5.41) is 11.7. The third-order valence-electron chi connectivity index (χ3n) is 3.20. The zero-order chi connectivity index (χ0) is 15.5. The van der Waals surface area contributed by atoms with Crippen LogP contribution in [0.3, 0.4) is 0 Å². The van der Waals surface area contributed by atoms with Crippen LogP contribution in [0.5, 0.6) is 5.75 Å². The summed E-state index contributed by atoms with van der Waals surface area (Å²) in [6, 6.07) is 13.3. The molecular formula is C16H14ClN3O2. The second kappa shape index (κ2) is 6.07. The molecule has 0 amide bonds.